The number of carbonyl (C=O) groups excluding carboxylic acids is 2. The Balaban J connectivity index is 1.51. The van der Waals surface area contributed by atoms with Crippen LogP contribution in [0.2, 0.25) is 0 Å². The van der Waals surface area contributed by atoms with Gasteiger partial charge in [-0.2, -0.15) is 0 Å². The molecule has 0 aliphatic carbocycles. The van der Waals surface area contributed by atoms with Crippen LogP contribution < -0.4 is 16.6 Å². The minimum Gasteiger partial charge on any atom is -0.488 e. The van der Waals surface area contributed by atoms with Crippen LogP contribution in [0.25, 0.3) is 0 Å². The summed E-state index contributed by atoms with van der Waals surface area (Å²) in [4.78, 5) is 59.5. The Morgan fingerprint density at radius 3 is 2.78 bits per heavy atom. The minimum absolute atomic E-state index is 0.102. The molecule has 2 aromatic heterocycles. The lowest BCUT2D eigenvalue weighted by atomic mass is 10.0. The molecule has 190 valence electrons. The van der Waals surface area contributed by atoms with Crippen LogP contribution in [0.3, 0.4) is 0 Å². The number of nitrogens with zero attached hydrogens (tertiary/aromatic N) is 6. The third kappa shape index (κ3) is 4.61. The maximum atomic E-state index is 12.9. The summed E-state index contributed by atoms with van der Waals surface area (Å²) in [6, 6.07) is -0.993. The molecule has 0 aromatic carbocycles. The number of hydrogen-bond donors (Lipinski definition) is 4. The van der Waals surface area contributed by atoms with E-state index in [1.165, 1.54) is 31.3 Å². The second kappa shape index (κ2) is 10.2. The van der Waals surface area contributed by atoms with Gasteiger partial charge in [-0.1, -0.05) is 16.9 Å². The SMILES string of the molecule is CO/N=C(\C(=O)NC1C(=O)N2C(C(=O)O)=C(CSc3nnc(O)c(=O)n3C)CS[C@@H]12)c1csc(N)n1. The zero-order chi connectivity index (χ0) is 26.1. The number of β-lactam (4-membered cyclic amide) rings is 1. The van der Waals surface area contributed by atoms with Gasteiger partial charge < -0.3 is 26.1 Å². The number of oxime groups is 1. The molecule has 18 heteroatoms. The highest BCUT2D eigenvalue weighted by molar-refractivity contribution is 8.01. The van der Waals surface area contributed by atoms with Gasteiger partial charge in [0.1, 0.15) is 29.9 Å². The number of rotatable bonds is 8. The van der Waals surface area contributed by atoms with E-state index in [0.717, 1.165) is 32.6 Å². The van der Waals surface area contributed by atoms with Crippen LogP contribution in [0.15, 0.2) is 31.8 Å². The first-order chi connectivity index (χ1) is 17.1. The summed E-state index contributed by atoms with van der Waals surface area (Å²) in [5.74, 6) is -3.04. The summed E-state index contributed by atoms with van der Waals surface area (Å²) in [6.07, 6.45) is 0. The van der Waals surface area contributed by atoms with Crippen LogP contribution >= 0.6 is 34.9 Å². The molecule has 1 unspecified atom stereocenters. The molecule has 2 aliphatic heterocycles. The van der Waals surface area contributed by atoms with Gasteiger partial charge in [0, 0.05) is 23.9 Å². The molecule has 2 amide bonds. The minimum atomic E-state index is -1.31. The number of anilines is 1. The van der Waals surface area contributed by atoms with E-state index in [4.69, 9.17) is 10.6 Å². The molecule has 2 aromatic rings. The Kier molecular flexibility index (Phi) is 7.18. The van der Waals surface area contributed by atoms with E-state index >= 15 is 0 Å². The largest absolute Gasteiger partial charge is 0.488 e. The van der Waals surface area contributed by atoms with Gasteiger partial charge in [-0.3, -0.25) is 23.9 Å². The molecule has 4 rings (SSSR count). The number of thiazole rings is 1. The number of carbonyl (C=O) groups is 3. The van der Waals surface area contributed by atoms with Crippen molar-refractivity contribution < 1.29 is 29.4 Å². The van der Waals surface area contributed by atoms with E-state index in [0.29, 0.717) is 5.57 Å². The molecule has 15 nitrogen and oxygen atoms in total. The summed E-state index contributed by atoms with van der Waals surface area (Å²) < 4.78 is 1.09. The number of fused-ring (bicyclic) bond motifs is 1. The molecule has 1 fully saturated rings. The fraction of sp³-hybridized carbons (Fsp3) is 0.333. The van der Waals surface area contributed by atoms with Crippen LogP contribution in [-0.2, 0) is 26.3 Å². The molecule has 2 atom stereocenters. The number of aromatic nitrogens is 4. The highest BCUT2D eigenvalue weighted by Crippen LogP contribution is 2.41. The molecule has 0 saturated carbocycles. The monoisotopic (exact) mass is 554 g/mol. The van der Waals surface area contributed by atoms with Crippen LogP contribution in [-0.4, -0.2) is 88.4 Å². The third-order valence-electron chi connectivity index (χ3n) is 5.09. The predicted molar refractivity (Wildman–Crippen MR) is 129 cm³/mol. The Labute approximate surface area is 214 Å². The number of aromatic hydroxyl groups is 1. The Morgan fingerprint density at radius 2 is 2.14 bits per heavy atom. The number of aliphatic carboxylic acids is 1. The number of nitrogens with one attached hydrogen (secondary N) is 1. The van der Waals surface area contributed by atoms with Gasteiger partial charge in [0.15, 0.2) is 16.0 Å². The molecule has 0 bridgehead atoms. The molecular formula is C18H18N8O7S3. The number of amides is 2. The van der Waals surface area contributed by atoms with E-state index in [1.807, 2.05) is 0 Å². The average molecular weight is 555 g/mol. The van der Waals surface area contributed by atoms with Gasteiger partial charge in [-0.15, -0.1) is 33.3 Å². The highest BCUT2D eigenvalue weighted by Gasteiger charge is 2.54. The lowest BCUT2D eigenvalue weighted by Crippen LogP contribution is -2.71. The van der Waals surface area contributed by atoms with Gasteiger partial charge in [0.2, 0.25) is 0 Å². The maximum absolute atomic E-state index is 12.9. The number of carboxylic acid groups (broad SMARTS) is 1. The zero-order valence-electron chi connectivity index (χ0n) is 18.6. The normalized spacial score (nSPS) is 19.6. The highest BCUT2D eigenvalue weighted by atomic mass is 32.2. The lowest BCUT2D eigenvalue weighted by molar-refractivity contribution is -0.150. The molecule has 5 N–H and O–H groups in total. The van der Waals surface area contributed by atoms with E-state index < -0.39 is 40.6 Å². The molecule has 0 radical (unpaired) electrons. The van der Waals surface area contributed by atoms with Crippen molar-refractivity contribution in [1.82, 2.24) is 30.0 Å². The average Bonchev–Trinajstić information content (AvgIpc) is 3.28. The van der Waals surface area contributed by atoms with Crippen molar-refractivity contribution in [3.05, 3.63) is 32.7 Å². The molecule has 2 aliphatic rings. The number of hydrogen-bond acceptors (Lipinski definition) is 14. The van der Waals surface area contributed by atoms with Gasteiger partial charge >= 0.3 is 11.5 Å². The summed E-state index contributed by atoms with van der Waals surface area (Å²) >= 11 is 3.41. The van der Waals surface area contributed by atoms with E-state index in [2.05, 4.69) is 25.7 Å². The summed E-state index contributed by atoms with van der Waals surface area (Å²) in [5, 5.41) is 33.8. The first kappa shape index (κ1) is 25.5. The van der Waals surface area contributed by atoms with E-state index in [-0.39, 0.29) is 38.9 Å². The van der Waals surface area contributed by atoms with Crippen molar-refractivity contribution in [2.45, 2.75) is 16.6 Å². The van der Waals surface area contributed by atoms with Crippen LogP contribution in [0.4, 0.5) is 5.13 Å². The summed E-state index contributed by atoms with van der Waals surface area (Å²) in [5.41, 5.74) is 5.10. The first-order valence-electron chi connectivity index (χ1n) is 9.92. The first-order valence-corrected chi connectivity index (χ1v) is 12.8. The Morgan fingerprint density at radius 1 is 1.39 bits per heavy atom. The van der Waals surface area contributed by atoms with Crippen LogP contribution in [0.5, 0.6) is 5.88 Å². The quantitative estimate of drug-likeness (QED) is 0.131. The Hall–Kier alpha value is -3.64. The zero-order valence-corrected chi connectivity index (χ0v) is 21.0. The number of nitrogens with two attached hydrogens (primary N) is 1. The van der Waals surface area contributed by atoms with Gasteiger partial charge in [0.25, 0.3) is 17.7 Å². The molecule has 36 heavy (non-hydrogen) atoms. The second-order valence-corrected chi connectivity index (χ2v) is 10.2. The molecular weight excluding hydrogens is 536 g/mol. The lowest BCUT2D eigenvalue weighted by Gasteiger charge is -2.49. The third-order valence-corrected chi connectivity index (χ3v) is 8.21. The number of thioether (sulfide) groups is 2. The van der Waals surface area contributed by atoms with Crippen molar-refractivity contribution in [3.63, 3.8) is 0 Å². The fourth-order valence-electron chi connectivity index (χ4n) is 3.41. The van der Waals surface area contributed by atoms with Crippen molar-refractivity contribution in [2.24, 2.45) is 12.2 Å². The Bertz CT molecular complexity index is 1370. The van der Waals surface area contributed by atoms with Crippen molar-refractivity contribution >= 4 is 63.5 Å². The van der Waals surface area contributed by atoms with Crippen molar-refractivity contribution in [1.29, 1.82) is 0 Å². The van der Waals surface area contributed by atoms with Gasteiger partial charge in [-0.25, -0.2) is 9.78 Å². The standard InChI is InChI=1S/C18H18N8O7S3/c1-25-14(30)12(28)22-23-18(25)36-4-6-3-34-15-9(13(29)26(15)10(6)16(31)32)21-11(27)8(24-33-2)7-5-35-17(19)20-7/h5,9,15H,3-4H2,1-2H3,(H2,19,20)(H,21,27)(H,22,28)(H,31,32)/b24-8-/t9?,15-/m0/s1. The number of nitrogen functional groups attached to an aromatic ring is 1. The predicted octanol–water partition coefficient (Wildman–Crippen LogP) is -1.20. The van der Waals surface area contributed by atoms with Crippen LogP contribution in [0, 0.1) is 0 Å². The van der Waals surface area contributed by atoms with Crippen LogP contribution in [0.1, 0.15) is 5.69 Å². The smallest absolute Gasteiger partial charge is 0.352 e. The topological polar surface area (TPSA) is 215 Å². The molecule has 1 saturated heterocycles. The van der Waals surface area contributed by atoms with Gasteiger partial charge in [-0.05, 0) is 5.57 Å². The summed E-state index contributed by atoms with van der Waals surface area (Å²) in [6.45, 7) is 0. The van der Waals surface area contributed by atoms with Crippen molar-refractivity contribution in [3.8, 4) is 5.88 Å². The van der Waals surface area contributed by atoms with E-state index in [1.54, 1.807) is 0 Å². The molecule has 4 heterocycles. The van der Waals surface area contributed by atoms with Crippen molar-refractivity contribution in [2.75, 3.05) is 24.3 Å². The van der Waals surface area contributed by atoms with Gasteiger partial charge in [0.05, 0.1) is 0 Å². The fourth-order valence-corrected chi connectivity index (χ4v) is 6.35. The molecule has 0 spiro atoms. The second-order valence-electron chi connectivity index (χ2n) is 7.27. The number of carboxylic acids is 1. The summed E-state index contributed by atoms with van der Waals surface area (Å²) in [7, 11) is 2.64. The maximum Gasteiger partial charge on any atom is 0.352 e. The van der Waals surface area contributed by atoms with E-state index in [9.17, 15) is 29.4 Å².